The van der Waals surface area contributed by atoms with Gasteiger partial charge in [-0.15, -0.1) is 0 Å². The molecular weight excluding hydrogens is 412 g/mol. The second kappa shape index (κ2) is 9.62. The van der Waals surface area contributed by atoms with E-state index in [4.69, 9.17) is 11.6 Å². The summed E-state index contributed by atoms with van der Waals surface area (Å²) in [5.41, 5.74) is 9.55. The van der Waals surface area contributed by atoms with E-state index in [1.165, 1.54) is 11.1 Å². The summed E-state index contributed by atoms with van der Waals surface area (Å²) < 4.78 is 2.13. The Morgan fingerprint density at radius 2 is 1.68 bits per heavy atom. The third-order valence-corrected chi connectivity index (χ3v) is 5.41. The molecule has 0 saturated heterocycles. The van der Waals surface area contributed by atoms with Gasteiger partial charge in [-0.05, 0) is 74.7 Å². The molecule has 0 unspecified atom stereocenters. The van der Waals surface area contributed by atoms with Crippen molar-refractivity contribution in [3.8, 4) is 5.69 Å². The van der Waals surface area contributed by atoms with E-state index >= 15 is 0 Å². The van der Waals surface area contributed by atoms with Crippen molar-refractivity contribution in [3.05, 3.63) is 87.2 Å². The van der Waals surface area contributed by atoms with Crippen LogP contribution >= 0.6 is 11.6 Å². The van der Waals surface area contributed by atoms with E-state index in [0.717, 1.165) is 28.2 Å². The highest BCUT2D eigenvalue weighted by molar-refractivity contribution is 6.35. The van der Waals surface area contributed by atoms with Gasteiger partial charge in [-0.1, -0.05) is 29.8 Å². The maximum atomic E-state index is 12.0. The molecule has 0 spiro atoms. The molecule has 0 aliphatic rings. The van der Waals surface area contributed by atoms with Gasteiger partial charge in [0.1, 0.15) is 0 Å². The van der Waals surface area contributed by atoms with Crippen LogP contribution in [0.3, 0.4) is 0 Å². The van der Waals surface area contributed by atoms with Crippen LogP contribution in [-0.4, -0.2) is 22.6 Å². The predicted molar refractivity (Wildman–Crippen MR) is 124 cm³/mol. The van der Waals surface area contributed by atoms with Crippen LogP contribution in [0.25, 0.3) is 5.69 Å². The van der Waals surface area contributed by atoms with Gasteiger partial charge in [-0.25, -0.2) is 5.43 Å². The second-order valence-corrected chi connectivity index (χ2v) is 7.88. The summed E-state index contributed by atoms with van der Waals surface area (Å²) in [6, 6.07) is 15.3. The standard InChI is InChI=1S/C24H25ClN4O2/c1-15-5-10-22(11-16(15)2)29-17(3)12-20(18(29)4)14-27-28-24(31)23(30)26-13-19-6-8-21(25)9-7-19/h5-12,14H,13H2,1-4H3,(H,26,30)(H,28,31)/b27-14-. The first kappa shape index (κ1) is 22.3. The minimum absolute atomic E-state index is 0.226. The Morgan fingerprint density at radius 1 is 0.968 bits per heavy atom. The fourth-order valence-electron chi connectivity index (χ4n) is 3.26. The maximum absolute atomic E-state index is 12.0. The molecule has 2 amide bonds. The van der Waals surface area contributed by atoms with Crippen LogP contribution in [0.15, 0.2) is 53.6 Å². The fourth-order valence-corrected chi connectivity index (χ4v) is 3.38. The Balaban J connectivity index is 1.62. The minimum Gasteiger partial charge on any atom is -0.344 e. The molecule has 6 nitrogen and oxygen atoms in total. The summed E-state index contributed by atoms with van der Waals surface area (Å²) in [5, 5.41) is 7.11. The molecule has 7 heteroatoms. The third-order valence-electron chi connectivity index (χ3n) is 5.16. The number of halogens is 1. The molecule has 3 aromatic rings. The number of amides is 2. The number of carbonyl (C=O) groups is 2. The Hall–Kier alpha value is -3.38. The van der Waals surface area contributed by atoms with E-state index in [1.807, 2.05) is 19.9 Å². The van der Waals surface area contributed by atoms with Crippen LogP contribution in [0.2, 0.25) is 5.02 Å². The van der Waals surface area contributed by atoms with Gasteiger partial charge in [-0.2, -0.15) is 5.10 Å². The molecule has 3 rings (SSSR count). The monoisotopic (exact) mass is 436 g/mol. The maximum Gasteiger partial charge on any atom is 0.329 e. The van der Waals surface area contributed by atoms with Gasteiger partial charge < -0.3 is 9.88 Å². The van der Waals surface area contributed by atoms with Gasteiger partial charge >= 0.3 is 11.8 Å². The Bertz CT molecular complexity index is 1150. The highest BCUT2D eigenvalue weighted by Gasteiger charge is 2.13. The number of rotatable bonds is 5. The molecular formula is C24H25ClN4O2. The quantitative estimate of drug-likeness (QED) is 0.358. The Labute approximate surface area is 186 Å². The predicted octanol–water partition coefficient (Wildman–Crippen LogP) is 4.13. The van der Waals surface area contributed by atoms with Crippen molar-refractivity contribution in [2.45, 2.75) is 34.2 Å². The van der Waals surface area contributed by atoms with Crippen LogP contribution in [0.4, 0.5) is 0 Å². The summed E-state index contributed by atoms with van der Waals surface area (Å²) in [6.07, 6.45) is 1.55. The molecule has 0 atom stereocenters. The van der Waals surface area contributed by atoms with Gasteiger partial charge in [0.2, 0.25) is 0 Å². The lowest BCUT2D eigenvalue weighted by Gasteiger charge is -2.11. The average Bonchev–Trinajstić information content (AvgIpc) is 3.02. The van der Waals surface area contributed by atoms with E-state index in [9.17, 15) is 9.59 Å². The number of benzene rings is 2. The highest BCUT2D eigenvalue weighted by Crippen LogP contribution is 2.21. The SMILES string of the molecule is Cc1ccc(-n2c(C)cc(/C=N\NC(=O)C(=O)NCc3ccc(Cl)cc3)c2C)cc1C. The molecule has 0 fully saturated rings. The summed E-state index contributed by atoms with van der Waals surface area (Å²) in [4.78, 5) is 24.0. The molecule has 0 saturated carbocycles. The highest BCUT2D eigenvalue weighted by atomic mass is 35.5. The van der Waals surface area contributed by atoms with E-state index < -0.39 is 11.8 Å². The number of hydrazone groups is 1. The number of nitrogens with one attached hydrogen (secondary N) is 2. The smallest absolute Gasteiger partial charge is 0.329 e. The van der Waals surface area contributed by atoms with Gasteiger partial charge in [0, 0.05) is 34.2 Å². The number of aryl methyl sites for hydroxylation is 3. The molecule has 0 radical (unpaired) electrons. The van der Waals surface area contributed by atoms with Crippen LogP contribution in [0.5, 0.6) is 0 Å². The average molecular weight is 437 g/mol. The van der Waals surface area contributed by atoms with E-state index in [-0.39, 0.29) is 6.54 Å². The Kier molecular flexibility index (Phi) is 6.92. The lowest BCUT2D eigenvalue weighted by atomic mass is 10.1. The molecule has 160 valence electrons. The number of hydrogen-bond acceptors (Lipinski definition) is 3. The molecule has 0 bridgehead atoms. The number of hydrogen-bond donors (Lipinski definition) is 2. The zero-order chi connectivity index (χ0) is 22.5. The first-order valence-electron chi connectivity index (χ1n) is 9.88. The molecule has 1 heterocycles. The van der Waals surface area contributed by atoms with Crippen molar-refractivity contribution in [2.24, 2.45) is 5.10 Å². The van der Waals surface area contributed by atoms with Crippen molar-refractivity contribution >= 4 is 29.6 Å². The number of aromatic nitrogens is 1. The first-order chi connectivity index (χ1) is 14.8. The molecule has 1 aromatic heterocycles. The number of carbonyl (C=O) groups excluding carboxylic acids is 2. The van der Waals surface area contributed by atoms with Gasteiger partial charge in [0.25, 0.3) is 0 Å². The van der Waals surface area contributed by atoms with Crippen LogP contribution in [0.1, 0.15) is 33.6 Å². The molecule has 31 heavy (non-hydrogen) atoms. The first-order valence-corrected chi connectivity index (χ1v) is 10.3. The van der Waals surface area contributed by atoms with Crippen molar-refractivity contribution in [1.82, 2.24) is 15.3 Å². The second-order valence-electron chi connectivity index (χ2n) is 7.44. The lowest BCUT2D eigenvalue weighted by Crippen LogP contribution is -2.37. The Morgan fingerprint density at radius 3 is 2.35 bits per heavy atom. The van der Waals surface area contributed by atoms with Crippen LogP contribution in [-0.2, 0) is 16.1 Å². The zero-order valence-corrected chi connectivity index (χ0v) is 18.7. The van der Waals surface area contributed by atoms with Crippen molar-refractivity contribution in [2.75, 3.05) is 0 Å². The van der Waals surface area contributed by atoms with Gasteiger partial charge in [0.15, 0.2) is 0 Å². The van der Waals surface area contributed by atoms with E-state index in [0.29, 0.717) is 5.02 Å². The number of nitrogens with zero attached hydrogens (tertiary/aromatic N) is 2. The summed E-state index contributed by atoms with van der Waals surface area (Å²) in [5.74, 6) is -1.58. The van der Waals surface area contributed by atoms with Gasteiger partial charge in [0.05, 0.1) is 6.21 Å². The van der Waals surface area contributed by atoms with E-state index in [1.54, 1.807) is 30.5 Å². The van der Waals surface area contributed by atoms with E-state index in [2.05, 4.69) is 52.5 Å². The largest absolute Gasteiger partial charge is 0.344 e. The summed E-state index contributed by atoms with van der Waals surface area (Å²) in [7, 11) is 0. The lowest BCUT2D eigenvalue weighted by molar-refractivity contribution is -0.139. The molecule has 2 N–H and O–H groups in total. The van der Waals surface area contributed by atoms with Crippen LogP contribution < -0.4 is 10.7 Å². The fraction of sp³-hybridized carbons (Fsp3) is 0.208. The summed E-state index contributed by atoms with van der Waals surface area (Å²) in [6.45, 7) is 8.40. The molecule has 2 aromatic carbocycles. The normalized spacial score (nSPS) is 11.0. The topological polar surface area (TPSA) is 75.5 Å². The zero-order valence-electron chi connectivity index (χ0n) is 18.0. The van der Waals surface area contributed by atoms with Crippen LogP contribution in [0, 0.1) is 27.7 Å². The molecule has 0 aliphatic carbocycles. The van der Waals surface area contributed by atoms with Crippen molar-refractivity contribution < 1.29 is 9.59 Å². The van der Waals surface area contributed by atoms with Crippen molar-refractivity contribution in [3.63, 3.8) is 0 Å². The van der Waals surface area contributed by atoms with Crippen molar-refractivity contribution in [1.29, 1.82) is 0 Å². The minimum atomic E-state index is -0.826. The summed E-state index contributed by atoms with van der Waals surface area (Å²) >= 11 is 5.83. The van der Waals surface area contributed by atoms with Gasteiger partial charge in [-0.3, -0.25) is 9.59 Å². The molecule has 0 aliphatic heterocycles. The third kappa shape index (κ3) is 5.41.